The lowest BCUT2D eigenvalue weighted by Crippen LogP contribution is -2.31. The van der Waals surface area contributed by atoms with Gasteiger partial charge in [-0.3, -0.25) is 9.59 Å². The summed E-state index contributed by atoms with van der Waals surface area (Å²) in [5.74, 6) is 0.476. The minimum Gasteiger partial charge on any atom is -0.491 e. The number of benzene rings is 2. The van der Waals surface area contributed by atoms with Crippen LogP contribution in [0.15, 0.2) is 48.5 Å². The average Bonchev–Trinajstić information content (AvgIpc) is 2.72. The predicted octanol–water partition coefficient (Wildman–Crippen LogP) is 4.44. The number of carbonyl (C=O) groups is 2. The monoisotopic (exact) mass is 397 g/mol. The fraction of sp³-hybridized carbons (Fsp3) is 0.391. The Labute approximate surface area is 173 Å². The van der Waals surface area contributed by atoms with Crippen LogP contribution in [0.4, 0.5) is 11.4 Å². The number of amides is 2. The molecule has 0 saturated heterocycles. The van der Waals surface area contributed by atoms with Gasteiger partial charge in [0.15, 0.2) is 0 Å². The van der Waals surface area contributed by atoms with Gasteiger partial charge in [0, 0.05) is 29.0 Å². The fourth-order valence-electron chi connectivity index (χ4n) is 2.50. The molecule has 2 rings (SSSR count). The summed E-state index contributed by atoms with van der Waals surface area (Å²) in [6.45, 7) is 8.19. The number of ether oxygens (including phenoxy) is 1. The molecule has 2 aromatic carbocycles. The Bertz CT molecular complexity index is 805. The van der Waals surface area contributed by atoms with Crippen LogP contribution in [0.1, 0.15) is 50.9 Å². The second-order valence-corrected chi connectivity index (χ2v) is 7.13. The highest BCUT2D eigenvalue weighted by molar-refractivity contribution is 5.95. The van der Waals surface area contributed by atoms with E-state index in [0.717, 1.165) is 24.3 Å². The van der Waals surface area contributed by atoms with E-state index < -0.39 is 0 Å². The van der Waals surface area contributed by atoms with Crippen LogP contribution in [0.25, 0.3) is 0 Å². The van der Waals surface area contributed by atoms with Gasteiger partial charge >= 0.3 is 0 Å². The second kappa shape index (κ2) is 11.1. The van der Waals surface area contributed by atoms with Crippen molar-refractivity contribution in [3.05, 3.63) is 54.1 Å². The minimum absolute atomic E-state index is 0.0943. The van der Waals surface area contributed by atoms with Crippen LogP contribution in [-0.4, -0.2) is 30.5 Å². The van der Waals surface area contributed by atoms with Crippen molar-refractivity contribution < 1.29 is 14.3 Å². The summed E-state index contributed by atoms with van der Waals surface area (Å²) in [5.41, 5.74) is 2.06. The lowest BCUT2D eigenvalue weighted by atomic mass is 10.1. The molecule has 2 amide bonds. The van der Waals surface area contributed by atoms with E-state index >= 15 is 0 Å². The van der Waals surface area contributed by atoms with Gasteiger partial charge in [-0.25, -0.2) is 0 Å². The molecular formula is C23H31N3O3. The van der Waals surface area contributed by atoms with Gasteiger partial charge in [-0.05, 0) is 63.1 Å². The molecule has 6 nitrogen and oxygen atoms in total. The fourth-order valence-corrected chi connectivity index (χ4v) is 2.50. The third kappa shape index (κ3) is 7.49. The van der Waals surface area contributed by atoms with Crippen LogP contribution >= 0.6 is 0 Å². The van der Waals surface area contributed by atoms with Crippen LogP contribution in [-0.2, 0) is 4.79 Å². The molecule has 0 aliphatic rings. The van der Waals surface area contributed by atoms with Crippen LogP contribution in [0.5, 0.6) is 5.75 Å². The first-order valence-corrected chi connectivity index (χ1v) is 10.1. The normalized spacial score (nSPS) is 12.6. The summed E-state index contributed by atoms with van der Waals surface area (Å²) < 4.78 is 5.78. The molecule has 156 valence electrons. The molecule has 0 radical (unpaired) electrons. The van der Waals surface area contributed by atoms with E-state index in [2.05, 4.69) is 22.9 Å². The molecule has 2 aromatic rings. The first-order chi connectivity index (χ1) is 13.9. The smallest absolute Gasteiger partial charge is 0.251 e. The lowest BCUT2D eigenvalue weighted by Gasteiger charge is -2.14. The van der Waals surface area contributed by atoms with E-state index in [1.807, 2.05) is 45.0 Å². The number of hydrogen-bond donors (Lipinski definition) is 3. The number of nitrogens with one attached hydrogen (secondary N) is 3. The van der Waals surface area contributed by atoms with Crippen molar-refractivity contribution >= 4 is 23.2 Å². The maximum absolute atomic E-state index is 12.2. The van der Waals surface area contributed by atoms with Gasteiger partial charge in [0.2, 0.25) is 5.91 Å². The molecule has 0 aromatic heterocycles. The molecular weight excluding hydrogens is 366 g/mol. The van der Waals surface area contributed by atoms with E-state index in [0.29, 0.717) is 11.3 Å². The van der Waals surface area contributed by atoms with Crippen molar-refractivity contribution in [3.63, 3.8) is 0 Å². The van der Waals surface area contributed by atoms with Crippen molar-refractivity contribution in [3.8, 4) is 5.75 Å². The van der Waals surface area contributed by atoms with E-state index in [1.54, 1.807) is 24.3 Å². The summed E-state index contributed by atoms with van der Waals surface area (Å²) in [7, 11) is 0. The summed E-state index contributed by atoms with van der Waals surface area (Å²) >= 11 is 0. The Morgan fingerprint density at radius 2 is 1.69 bits per heavy atom. The largest absolute Gasteiger partial charge is 0.491 e. The predicted molar refractivity (Wildman–Crippen MR) is 118 cm³/mol. The molecule has 3 N–H and O–H groups in total. The topological polar surface area (TPSA) is 79.5 Å². The van der Waals surface area contributed by atoms with Crippen LogP contribution in [0.2, 0.25) is 0 Å². The molecule has 29 heavy (non-hydrogen) atoms. The zero-order valence-electron chi connectivity index (χ0n) is 17.6. The van der Waals surface area contributed by atoms with Crippen LogP contribution < -0.4 is 20.7 Å². The van der Waals surface area contributed by atoms with Crippen molar-refractivity contribution in [2.45, 2.75) is 52.7 Å². The molecule has 6 heteroatoms. The average molecular weight is 398 g/mol. The highest BCUT2D eigenvalue weighted by Crippen LogP contribution is 2.19. The Hall–Kier alpha value is -3.02. The van der Waals surface area contributed by atoms with Gasteiger partial charge in [-0.15, -0.1) is 0 Å². The van der Waals surface area contributed by atoms with Gasteiger partial charge in [-0.2, -0.15) is 0 Å². The van der Waals surface area contributed by atoms with Crippen LogP contribution in [0, 0.1) is 0 Å². The zero-order valence-corrected chi connectivity index (χ0v) is 17.6. The van der Waals surface area contributed by atoms with E-state index in [-0.39, 0.29) is 30.5 Å². The van der Waals surface area contributed by atoms with E-state index in [4.69, 9.17) is 4.74 Å². The van der Waals surface area contributed by atoms with Gasteiger partial charge in [-0.1, -0.05) is 19.9 Å². The molecule has 0 saturated carbocycles. The summed E-state index contributed by atoms with van der Waals surface area (Å²) in [6, 6.07) is 14.6. The standard InChI is InChI=1S/C23H31N3O3/c1-5-16(3)25-23(28)18-10-12-19(13-11-18)24-15-22(27)26-20-8-7-9-21(14-20)29-17(4)6-2/h7-14,16-17,24H,5-6,15H2,1-4H3,(H,25,28)(H,26,27). The van der Waals surface area contributed by atoms with Gasteiger partial charge < -0.3 is 20.7 Å². The first kappa shape index (κ1) is 22.3. The summed E-state index contributed by atoms with van der Waals surface area (Å²) in [6.07, 6.45) is 1.92. The maximum Gasteiger partial charge on any atom is 0.251 e. The highest BCUT2D eigenvalue weighted by Gasteiger charge is 2.09. The Balaban J connectivity index is 1.85. The molecule has 0 bridgehead atoms. The Morgan fingerprint density at radius 3 is 2.34 bits per heavy atom. The Kier molecular flexibility index (Phi) is 8.52. The molecule has 0 heterocycles. The molecule has 2 atom stereocenters. The quantitative estimate of drug-likeness (QED) is 0.554. The Morgan fingerprint density at radius 1 is 0.966 bits per heavy atom. The maximum atomic E-state index is 12.2. The van der Waals surface area contributed by atoms with E-state index in [9.17, 15) is 9.59 Å². The first-order valence-electron chi connectivity index (χ1n) is 10.1. The molecule has 0 aliphatic carbocycles. The SMILES string of the molecule is CCC(C)NC(=O)c1ccc(NCC(=O)Nc2cccc(OC(C)CC)c2)cc1. The second-order valence-electron chi connectivity index (χ2n) is 7.13. The third-order valence-electron chi connectivity index (χ3n) is 4.62. The van der Waals surface area contributed by atoms with Gasteiger partial charge in [0.05, 0.1) is 12.6 Å². The zero-order chi connectivity index (χ0) is 21.2. The summed E-state index contributed by atoms with van der Waals surface area (Å²) in [4.78, 5) is 24.3. The van der Waals surface area contributed by atoms with E-state index in [1.165, 1.54) is 0 Å². The molecule has 0 spiro atoms. The highest BCUT2D eigenvalue weighted by atomic mass is 16.5. The number of rotatable bonds is 10. The number of anilines is 2. The molecule has 0 aliphatic heterocycles. The van der Waals surface area contributed by atoms with Crippen molar-refractivity contribution in [1.82, 2.24) is 5.32 Å². The van der Waals surface area contributed by atoms with Crippen LogP contribution in [0.3, 0.4) is 0 Å². The van der Waals surface area contributed by atoms with Gasteiger partial charge in [0.25, 0.3) is 5.91 Å². The molecule has 2 unspecified atom stereocenters. The number of carbonyl (C=O) groups excluding carboxylic acids is 2. The minimum atomic E-state index is -0.163. The molecule has 0 fully saturated rings. The summed E-state index contributed by atoms with van der Waals surface area (Å²) in [5, 5.41) is 8.85. The van der Waals surface area contributed by atoms with Gasteiger partial charge in [0.1, 0.15) is 5.75 Å². The van der Waals surface area contributed by atoms with Crippen molar-refractivity contribution in [2.75, 3.05) is 17.2 Å². The van der Waals surface area contributed by atoms with Crippen molar-refractivity contribution in [1.29, 1.82) is 0 Å². The van der Waals surface area contributed by atoms with Crippen molar-refractivity contribution in [2.24, 2.45) is 0 Å². The lowest BCUT2D eigenvalue weighted by molar-refractivity contribution is -0.114. The third-order valence-corrected chi connectivity index (χ3v) is 4.62. The number of hydrogen-bond acceptors (Lipinski definition) is 4.